The van der Waals surface area contributed by atoms with E-state index in [1.165, 1.54) is 0 Å². The second-order valence-corrected chi connectivity index (χ2v) is 6.17. The second-order valence-electron chi connectivity index (χ2n) is 6.17. The predicted molar refractivity (Wildman–Crippen MR) is 92.2 cm³/mol. The third kappa shape index (κ3) is 6.88. The lowest BCUT2D eigenvalue weighted by molar-refractivity contribution is -0.133. The summed E-state index contributed by atoms with van der Waals surface area (Å²) in [5.74, 6) is 0.958. The first-order valence-electron chi connectivity index (χ1n) is 8.50. The van der Waals surface area contributed by atoms with Crippen molar-refractivity contribution in [3.8, 4) is 0 Å². The van der Waals surface area contributed by atoms with Gasteiger partial charge in [-0.05, 0) is 12.8 Å². The maximum absolute atomic E-state index is 12.0. The van der Waals surface area contributed by atoms with Crippen molar-refractivity contribution in [1.82, 2.24) is 20.9 Å². The number of aliphatic imine (C=N–C) groups is 1. The SMILES string of the molecule is CCCNC(=O)CCNC(=NC)NC1CCN(C(=O)C(C)C)C1. The highest BCUT2D eigenvalue weighted by atomic mass is 16.2. The van der Waals surface area contributed by atoms with Gasteiger partial charge >= 0.3 is 0 Å². The Morgan fingerprint density at radius 2 is 2.00 bits per heavy atom. The molecule has 132 valence electrons. The van der Waals surface area contributed by atoms with E-state index in [4.69, 9.17) is 0 Å². The highest BCUT2D eigenvalue weighted by molar-refractivity contribution is 5.82. The largest absolute Gasteiger partial charge is 0.356 e. The quantitative estimate of drug-likeness (QED) is 0.465. The van der Waals surface area contributed by atoms with Crippen LogP contribution in [0.15, 0.2) is 4.99 Å². The lowest BCUT2D eigenvalue weighted by atomic mass is 10.2. The van der Waals surface area contributed by atoms with Gasteiger partial charge in [-0.25, -0.2) is 0 Å². The molecule has 2 amide bonds. The molecule has 0 aromatic heterocycles. The van der Waals surface area contributed by atoms with E-state index in [1.807, 2.05) is 25.7 Å². The third-order valence-corrected chi connectivity index (χ3v) is 3.77. The number of hydrogen-bond acceptors (Lipinski definition) is 3. The Bertz CT molecular complexity index is 423. The number of nitrogens with one attached hydrogen (secondary N) is 3. The molecular formula is C16H31N5O2. The average Bonchev–Trinajstić information content (AvgIpc) is 2.99. The number of nitrogens with zero attached hydrogens (tertiary/aromatic N) is 2. The minimum absolute atomic E-state index is 0.0350. The molecule has 0 bridgehead atoms. The van der Waals surface area contributed by atoms with Gasteiger partial charge in [-0.2, -0.15) is 0 Å². The van der Waals surface area contributed by atoms with Crippen LogP contribution in [-0.4, -0.2) is 61.9 Å². The molecule has 0 aromatic carbocycles. The Kier molecular flexibility index (Phi) is 8.43. The van der Waals surface area contributed by atoms with Crippen molar-refractivity contribution in [2.75, 3.05) is 33.2 Å². The van der Waals surface area contributed by atoms with Crippen LogP contribution in [0.25, 0.3) is 0 Å². The van der Waals surface area contributed by atoms with Gasteiger partial charge in [0.1, 0.15) is 0 Å². The third-order valence-electron chi connectivity index (χ3n) is 3.77. The van der Waals surface area contributed by atoms with Crippen LogP contribution in [0.1, 0.15) is 40.0 Å². The summed E-state index contributed by atoms with van der Waals surface area (Å²) >= 11 is 0. The van der Waals surface area contributed by atoms with E-state index in [1.54, 1.807) is 7.05 Å². The van der Waals surface area contributed by atoms with Crippen LogP contribution in [-0.2, 0) is 9.59 Å². The van der Waals surface area contributed by atoms with Gasteiger partial charge < -0.3 is 20.9 Å². The summed E-state index contributed by atoms with van der Waals surface area (Å²) in [5, 5.41) is 9.31. The van der Waals surface area contributed by atoms with Crippen molar-refractivity contribution in [2.45, 2.75) is 46.1 Å². The zero-order valence-corrected chi connectivity index (χ0v) is 14.8. The molecule has 1 unspecified atom stereocenters. The van der Waals surface area contributed by atoms with Gasteiger partial charge in [0.2, 0.25) is 11.8 Å². The van der Waals surface area contributed by atoms with E-state index in [0.717, 1.165) is 19.4 Å². The summed E-state index contributed by atoms with van der Waals surface area (Å²) in [7, 11) is 1.71. The Labute approximate surface area is 139 Å². The van der Waals surface area contributed by atoms with Crippen LogP contribution in [0.3, 0.4) is 0 Å². The minimum atomic E-state index is 0.0350. The Balaban J connectivity index is 2.29. The molecule has 0 saturated carbocycles. The molecule has 0 spiro atoms. The van der Waals surface area contributed by atoms with Gasteiger partial charge in [-0.3, -0.25) is 14.6 Å². The van der Waals surface area contributed by atoms with E-state index >= 15 is 0 Å². The van der Waals surface area contributed by atoms with Crippen LogP contribution in [0.2, 0.25) is 0 Å². The van der Waals surface area contributed by atoms with Gasteiger partial charge in [0.15, 0.2) is 5.96 Å². The first-order valence-corrected chi connectivity index (χ1v) is 8.50. The van der Waals surface area contributed by atoms with E-state index in [0.29, 0.717) is 32.0 Å². The maximum atomic E-state index is 12.0. The van der Waals surface area contributed by atoms with E-state index in [2.05, 4.69) is 20.9 Å². The molecule has 23 heavy (non-hydrogen) atoms. The molecule has 0 aromatic rings. The number of carbonyl (C=O) groups is 2. The van der Waals surface area contributed by atoms with Gasteiger partial charge in [0.05, 0.1) is 0 Å². The number of likely N-dealkylation sites (tertiary alicyclic amines) is 1. The molecule has 1 aliphatic heterocycles. The Morgan fingerprint density at radius 3 is 2.61 bits per heavy atom. The summed E-state index contributed by atoms with van der Waals surface area (Å²) in [5.41, 5.74) is 0. The summed E-state index contributed by atoms with van der Waals surface area (Å²) < 4.78 is 0. The molecule has 1 heterocycles. The fraction of sp³-hybridized carbons (Fsp3) is 0.812. The molecule has 1 aliphatic rings. The number of carbonyl (C=O) groups excluding carboxylic acids is 2. The first-order chi connectivity index (χ1) is 11.0. The molecule has 0 aliphatic carbocycles. The average molecular weight is 325 g/mol. The van der Waals surface area contributed by atoms with Crippen LogP contribution in [0.4, 0.5) is 0 Å². The van der Waals surface area contributed by atoms with E-state index < -0.39 is 0 Å². The summed E-state index contributed by atoms with van der Waals surface area (Å²) in [4.78, 5) is 29.6. The molecule has 1 fully saturated rings. The summed E-state index contributed by atoms with van der Waals surface area (Å²) in [6.07, 6.45) is 2.27. The molecule has 7 nitrogen and oxygen atoms in total. The standard InChI is InChI=1S/C16H31N5O2/c1-5-8-18-14(22)6-9-19-16(17-4)20-13-7-10-21(11-13)15(23)12(2)3/h12-13H,5-11H2,1-4H3,(H,18,22)(H2,17,19,20). The van der Waals surface area contributed by atoms with Crippen molar-refractivity contribution >= 4 is 17.8 Å². The van der Waals surface area contributed by atoms with E-state index in [9.17, 15) is 9.59 Å². The predicted octanol–water partition coefficient (Wildman–Crippen LogP) is 0.325. The van der Waals surface area contributed by atoms with Crippen LogP contribution < -0.4 is 16.0 Å². The van der Waals surface area contributed by atoms with Crippen LogP contribution >= 0.6 is 0 Å². The van der Waals surface area contributed by atoms with Crippen molar-refractivity contribution in [3.63, 3.8) is 0 Å². The molecular weight excluding hydrogens is 294 g/mol. The Hall–Kier alpha value is -1.79. The fourth-order valence-electron chi connectivity index (χ4n) is 2.48. The van der Waals surface area contributed by atoms with Crippen molar-refractivity contribution < 1.29 is 9.59 Å². The molecule has 7 heteroatoms. The number of rotatable bonds is 7. The normalized spacial score (nSPS) is 18.2. The lowest BCUT2D eigenvalue weighted by Crippen LogP contribution is -2.46. The fourth-order valence-corrected chi connectivity index (χ4v) is 2.48. The van der Waals surface area contributed by atoms with Crippen molar-refractivity contribution in [1.29, 1.82) is 0 Å². The summed E-state index contributed by atoms with van der Waals surface area (Å²) in [6.45, 7) is 8.61. The van der Waals surface area contributed by atoms with Crippen molar-refractivity contribution in [2.24, 2.45) is 10.9 Å². The smallest absolute Gasteiger partial charge is 0.225 e. The zero-order valence-electron chi connectivity index (χ0n) is 14.8. The highest BCUT2D eigenvalue weighted by Crippen LogP contribution is 2.12. The number of hydrogen-bond donors (Lipinski definition) is 3. The van der Waals surface area contributed by atoms with Crippen LogP contribution in [0.5, 0.6) is 0 Å². The molecule has 0 radical (unpaired) electrons. The highest BCUT2D eigenvalue weighted by Gasteiger charge is 2.27. The summed E-state index contributed by atoms with van der Waals surface area (Å²) in [6, 6.07) is 0.206. The monoisotopic (exact) mass is 325 g/mol. The Morgan fingerprint density at radius 1 is 1.26 bits per heavy atom. The topological polar surface area (TPSA) is 85.8 Å². The lowest BCUT2D eigenvalue weighted by Gasteiger charge is -2.20. The number of guanidine groups is 1. The van der Waals surface area contributed by atoms with Crippen LogP contribution in [0, 0.1) is 5.92 Å². The molecule has 1 atom stereocenters. The number of amides is 2. The first kappa shape index (κ1) is 19.3. The van der Waals surface area contributed by atoms with Crippen molar-refractivity contribution in [3.05, 3.63) is 0 Å². The van der Waals surface area contributed by atoms with E-state index in [-0.39, 0.29) is 23.8 Å². The second kappa shape index (κ2) is 10.1. The maximum Gasteiger partial charge on any atom is 0.225 e. The molecule has 1 rings (SSSR count). The van der Waals surface area contributed by atoms with Gasteiger partial charge in [0.25, 0.3) is 0 Å². The van der Waals surface area contributed by atoms with Gasteiger partial charge in [-0.1, -0.05) is 20.8 Å². The van der Waals surface area contributed by atoms with Gasteiger partial charge in [0, 0.05) is 51.6 Å². The van der Waals surface area contributed by atoms with Gasteiger partial charge in [-0.15, -0.1) is 0 Å². The molecule has 3 N–H and O–H groups in total. The minimum Gasteiger partial charge on any atom is -0.356 e. The zero-order chi connectivity index (χ0) is 17.2. The molecule has 1 saturated heterocycles.